The average Bonchev–Trinajstić information content (AvgIpc) is 2.77. The van der Waals surface area contributed by atoms with Crippen molar-refractivity contribution in [1.29, 1.82) is 0 Å². The average molecular weight is 226 g/mol. The molecule has 0 aromatic carbocycles. The van der Waals surface area contributed by atoms with Crippen molar-refractivity contribution in [3.8, 4) is 0 Å². The number of hydrogen-bond donors (Lipinski definition) is 2. The maximum atomic E-state index is 12.3. The first-order valence-corrected chi connectivity index (χ1v) is 6.38. The topological polar surface area (TPSA) is 52.6 Å². The molecule has 2 saturated heterocycles. The van der Waals surface area contributed by atoms with Crippen LogP contribution in [0, 0.1) is 5.92 Å². The van der Waals surface area contributed by atoms with Crippen molar-refractivity contribution >= 4 is 5.91 Å². The number of rotatable bonds is 2. The Morgan fingerprint density at radius 3 is 2.94 bits per heavy atom. The van der Waals surface area contributed by atoms with E-state index in [1.165, 1.54) is 0 Å². The first-order chi connectivity index (χ1) is 7.74. The quantitative estimate of drug-likeness (QED) is 0.715. The molecule has 0 spiro atoms. The van der Waals surface area contributed by atoms with Gasteiger partial charge in [0, 0.05) is 6.54 Å². The number of likely N-dealkylation sites (tertiary alicyclic amines) is 1. The fourth-order valence-corrected chi connectivity index (χ4v) is 2.87. The van der Waals surface area contributed by atoms with Crippen LogP contribution < -0.4 is 5.32 Å². The molecule has 0 bridgehead atoms. The number of amides is 1. The Morgan fingerprint density at radius 1 is 1.44 bits per heavy atom. The van der Waals surface area contributed by atoms with Gasteiger partial charge in [-0.15, -0.1) is 0 Å². The Bertz CT molecular complexity index is 253. The molecule has 2 aliphatic heterocycles. The molecule has 2 aliphatic rings. The number of aliphatic hydroxyl groups is 1. The molecule has 2 fully saturated rings. The highest BCUT2D eigenvalue weighted by atomic mass is 16.3. The SMILES string of the molecule is CC1CCCNC1C(=O)N1CCCC1CO. The summed E-state index contributed by atoms with van der Waals surface area (Å²) in [6.07, 6.45) is 4.26. The van der Waals surface area contributed by atoms with E-state index in [9.17, 15) is 9.90 Å². The van der Waals surface area contributed by atoms with Crippen molar-refractivity contribution in [3.05, 3.63) is 0 Å². The third-order valence-corrected chi connectivity index (χ3v) is 3.91. The van der Waals surface area contributed by atoms with Crippen molar-refractivity contribution in [2.45, 2.75) is 44.7 Å². The van der Waals surface area contributed by atoms with E-state index >= 15 is 0 Å². The lowest BCUT2D eigenvalue weighted by atomic mass is 9.91. The zero-order valence-corrected chi connectivity index (χ0v) is 9.98. The summed E-state index contributed by atoms with van der Waals surface area (Å²) in [5.74, 6) is 0.616. The standard InChI is InChI=1S/C12H22N2O2/c1-9-4-2-6-13-11(9)12(16)14-7-3-5-10(14)8-15/h9-11,13,15H,2-8H2,1H3. The zero-order valence-electron chi connectivity index (χ0n) is 9.98. The van der Waals surface area contributed by atoms with E-state index in [1.54, 1.807) is 0 Å². The van der Waals surface area contributed by atoms with Crippen LogP contribution in [-0.2, 0) is 4.79 Å². The minimum Gasteiger partial charge on any atom is -0.394 e. The summed E-state index contributed by atoms with van der Waals surface area (Å²) in [5.41, 5.74) is 0. The van der Waals surface area contributed by atoms with Crippen molar-refractivity contribution in [2.24, 2.45) is 5.92 Å². The Hall–Kier alpha value is -0.610. The van der Waals surface area contributed by atoms with Gasteiger partial charge in [0.2, 0.25) is 5.91 Å². The van der Waals surface area contributed by atoms with E-state index in [1.807, 2.05) is 4.90 Å². The van der Waals surface area contributed by atoms with Crippen molar-refractivity contribution in [1.82, 2.24) is 10.2 Å². The summed E-state index contributed by atoms with van der Waals surface area (Å²) < 4.78 is 0. The molecule has 0 aromatic rings. The number of nitrogens with zero attached hydrogens (tertiary/aromatic N) is 1. The van der Waals surface area contributed by atoms with Gasteiger partial charge in [-0.05, 0) is 38.1 Å². The summed E-state index contributed by atoms with van der Waals surface area (Å²) in [4.78, 5) is 14.2. The van der Waals surface area contributed by atoms with Crippen LogP contribution in [0.3, 0.4) is 0 Å². The van der Waals surface area contributed by atoms with Crippen LogP contribution in [0.5, 0.6) is 0 Å². The van der Waals surface area contributed by atoms with Crippen LogP contribution >= 0.6 is 0 Å². The van der Waals surface area contributed by atoms with E-state index in [-0.39, 0.29) is 24.6 Å². The maximum Gasteiger partial charge on any atom is 0.240 e. The molecule has 4 nitrogen and oxygen atoms in total. The third kappa shape index (κ3) is 2.23. The van der Waals surface area contributed by atoms with Crippen LogP contribution in [-0.4, -0.2) is 47.7 Å². The molecule has 0 saturated carbocycles. The van der Waals surface area contributed by atoms with Crippen LogP contribution in [0.1, 0.15) is 32.6 Å². The fourth-order valence-electron chi connectivity index (χ4n) is 2.87. The summed E-state index contributed by atoms with van der Waals surface area (Å²) in [6, 6.07) is 0.0318. The Morgan fingerprint density at radius 2 is 2.25 bits per heavy atom. The lowest BCUT2D eigenvalue weighted by molar-refractivity contribution is -0.136. The van der Waals surface area contributed by atoms with Gasteiger partial charge in [0.15, 0.2) is 0 Å². The minimum atomic E-state index is -0.0269. The fraction of sp³-hybridized carbons (Fsp3) is 0.917. The largest absolute Gasteiger partial charge is 0.394 e. The Kier molecular flexibility index (Phi) is 3.82. The van der Waals surface area contributed by atoms with E-state index < -0.39 is 0 Å². The second-order valence-corrected chi connectivity index (χ2v) is 5.06. The molecule has 2 rings (SSSR count). The van der Waals surface area contributed by atoms with Gasteiger partial charge < -0.3 is 15.3 Å². The number of aliphatic hydroxyl groups excluding tert-OH is 1. The van der Waals surface area contributed by atoms with E-state index in [0.717, 1.165) is 38.8 Å². The number of piperidine rings is 1. The predicted molar refractivity (Wildman–Crippen MR) is 62.0 cm³/mol. The molecule has 0 aromatic heterocycles. The van der Waals surface area contributed by atoms with Crippen LogP contribution in [0.4, 0.5) is 0 Å². The lowest BCUT2D eigenvalue weighted by Gasteiger charge is -2.34. The predicted octanol–water partition coefficient (Wildman–Crippen LogP) is 0.358. The molecule has 2 heterocycles. The van der Waals surface area contributed by atoms with Crippen LogP contribution in [0.15, 0.2) is 0 Å². The monoisotopic (exact) mass is 226 g/mol. The highest BCUT2D eigenvalue weighted by Gasteiger charge is 2.35. The zero-order chi connectivity index (χ0) is 11.5. The van der Waals surface area contributed by atoms with Gasteiger partial charge in [0.25, 0.3) is 0 Å². The summed E-state index contributed by atoms with van der Waals surface area (Å²) in [6.45, 7) is 4.00. The molecule has 92 valence electrons. The van der Waals surface area contributed by atoms with E-state index in [4.69, 9.17) is 0 Å². The molecule has 0 aliphatic carbocycles. The normalized spacial score (nSPS) is 35.4. The summed E-state index contributed by atoms with van der Waals surface area (Å²) in [5, 5.41) is 12.6. The molecule has 2 N–H and O–H groups in total. The maximum absolute atomic E-state index is 12.3. The van der Waals surface area contributed by atoms with Crippen molar-refractivity contribution in [3.63, 3.8) is 0 Å². The lowest BCUT2D eigenvalue weighted by Crippen LogP contribution is -2.53. The van der Waals surface area contributed by atoms with Crippen molar-refractivity contribution in [2.75, 3.05) is 19.7 Å². The molecule has 0 radical (unpaired) electrons. The molecule has 16 heavy (non-hydrogen) atoms. The smallest absolute Gasteiger partial charge is 0.240 e. The summed E-state index contributed by atoms with van der Waals surface area (Å²) >= 11 is 0. The van der Waals surface area contributed by atoms with Crippen molar-refractivity contribution < 1.29 is 9.90 Å². The third-order valence-electron chi connectivity index (χ3n) is 3.91. The molecule has 3 atom stereocenters. The molecule has 3 unspecified atom stereocenters. The highest BCUT2D eigenvalue weighted by Crippen LogP contribution is 2.22. The first-order valence-electron chi connectivity index (χ1n) is 6.38. The van der Waals surface area contributed by atoms with E-state index in [2.05, 4.69) is 12.2 Å². The van der Waals surface area contributed by atoms with E-state index in [0.29, 0.717) is 5.92 Å². The van der Waals surface area contributed by atoms with Gasteiger partial charge in [0.05, 0.1) is 18.7 Å². The van der Waals surface area contributed by atoms with Crippen LogP contribution in [0.25, 0.3) is 0 Å². The van der Waals surface area contributed by atoms with Gasteiger partial charge in [-0.1, -0.05) is 6.92 Å². The molecular weight excluding hydrogens is 204 g/mol. The van der Waals surface area contributed by atoms with Crippen LogP contribution in [0.2, 0.25) is 0 Å². The molecule has 1 amide bonds. The van der Waals surface area contributed by atoms with Gasteiger partial charge >= 0.3 is 0 Å². The number of carbonyl (C=O) groups excluding carboxylic acids is 1. The molecule has 4 heteroatoms. The second-order valence-electron chi connectivity index (χ2n) is 5.06. The Balaban J connectivity index is 2.00. The van der Waals surface area contributed by atoms with Gasteiger partial charge in [-0.25, -0.2) is 0 Å². The van der Waals surface area contributed by atoms with Gasteiger partial charge in [0.1, 0.15) is 0 Å². The number of carbonyl (C=O) groups is 1. The second kappa shape index (κ2) is 5.15. The Labute approximate surface area is 97.0 Å². The highest BCUT2D eigenvalue weighted by molar-refractivity contribution is 5.83. The minimum absolute atomic E-state index is 0.0269. The molecular formula is C12H22N2O2. The van der Waals surface area contributed by atoms with Gasteiger partial charge in [-0.3, -0.25) is 4.79 Å². The number of nitrogens with one attached hydrogen (secondary N) is 1. The summed E-state index contributed by atoms with van der Waals surface area (Å²) in [7, 11) is 0. The van der Waals surface area contributed by atoms with Gasteiger partial charge in [-0.2, -0.15) is 0 Å². The first kappa shape index (κ1) is 11.9. The number of hydrogen-bond acceptors (Lipinski definition) is 3.